The van der Waals surface area contributed by atoms with Crippen LogP contribution in [0.5, 0.6) is 0 Å². The van der Waals surface area contributed by atoms with Gasteiger partial charge < -0.3 is 10.0 Å². The van der Waals surface area contributed by atoms with Crippen molar-refractivity contribution >= 4 is 17.4 Å². The van der Waals surface area contributed by atoms with Crippen LogP contribution in [0.1, 0.15) is 23.3 Å². The molecule has 0 saturated heterocycles. The van der Waals surface area contributed by atoms with Crippen molar-refractivity contribution in [1.29, 1.82) is 0 Å². The highest BCUT2D eigenvalue weighted by atomic mass is 35.5. The van der Waals surface area contributed by atoms with Gasteiger partial charge in [-0.15, -0.1) is 0 Å². The van der Waals surface area contributed by atoms with Gasteiger partial charge in [0.25, 0.3) is 0 Å². The molecule has 1 fully saturated rings. The van der Waals surface area contributed by atoms with Crippen molar-refractivity contribution in [3.63, 3.8) is 0 Å². The van der Waals surface area contributed by atoms with Crippen LogP contribution in [0.4, 0.5) is 0 Å². The average Bonchev–Trinajstić information content (AvgIpc) is 3.09. The largest absolute Gasteiger partial charge is 0.385 e. The van der Waals surface area contributed by atoms with Crippen molar-refractivity contribution in [3.05, 3.63) is 16.9 Å². The molecule has 1 aromatic heterocycles. The van der Waals surface area contributed by atoms with E-state index in [0.29, 0.717) is 17.3 Å². The number of hydrogen-bond acceptors (Lipinski definition) is 4. The topological polar surface area (TPSA) is 58.4 Å². The number of halogens is 1. The lowest BCUT2D eigenvalue weighted by Gasteiger charge is -2.13. The van der Waals surface area contributed by atoms with Gasteiger partial charge >= 0.3 is 0 Å². The van der Waals surface area contributed by atoms with Crippen molar-refractivity contribution in [1.82, 2.24) is 14.7 Å². The predicted octanol–water partition coefficient (Wildman–Crippen LogP) is 1.05. The molecule has 1 aromatic rings. The molecule has 6 heteroatoms. The second-order valence-corrected chi connectivity index (χ2v) is 5.42. The minimum Gasteiger partial charge on any atom is -0.385 e. The maximum atomic E-state index is 12.2. The number of aliphatic hydroxyl groups is 1. The van der Waals surface area contributed by atoms with Crippen molar-refractivity contribution in [2.45, 2.75) is 25.5 Å². The average molecular weight is 272 g/mol. The number of aliphatic hydroxyl groups excluding tert-OH is 1. The smallest absolute Gasteiger partial charge is 0.211 e. The van der Waals surface area contributed by atoms with Crippen molar-refractivity contribution in [3.8, 4) is 0 Å². The van der Waals surface area contributed by atoms with Crippen LogP contribution in [0.2, 0.25) is 5.02 Å². The highest BCUT2D eigenvalue weighted by molar-refractivity contribution is 6.33. The molecule has 1 saturated carbocycles. The first-order chi connectivity index (χ1) is 8.50. The molecule has 0 radical (unpaired) electrons. The highest BCUT2D eigenvalue weighted by Gasteiger charge is 2.37. The van der Waals surface area contributed by atoms with Crippen LogP contribution in [0.3, 0.4) is 0 Å². The molecule has 1 aliphatic rings. The maximum absolute atomic E-state index is 12.2. The van der Waals surface area contributed by atoms with Gasteiger partial charge in [-0.2, -0.15) is 5.10 Å². The first kappa shape index (κ1) is 13.5. The second-order valence-electron chi connectivity index (χ2n) is 5.01. The summed E-state index contributed by atoms with van der Waals surface area (Å²) in [4.78, 5) is 14.2. The van der Waals surface area contributed by atoms with E-state index in [1.165, 1.54) is 6.20 Å². The van der Waals surface area contributed by atoms with E-state index in [-0.39, 0.29) is 11.7 Å². The summed E-state index contributed by atoms with van der Waals surface area (Å²) >= 11 is 6.00. The van der Waals surface area contributed by atoms with Crippen LogP contribution >= 0.6 is 11.6 Å². The zero-order chi connectivity index (χ0) is 13.3. The first-order valence-corrected chi connectivity index (χ1v) is 6.47. The molecule has 100 valence electrons. The minimum absolute atomic E-state index is 0.103. The summed E-state index contributed by atoms with van der Waals surface area (Å²) in [6.07, 6.45) is 2.36. The minimum atomic E-state index is -0.933. The molecule has 0 amide bonds. The molecule has 1 atom stereocenters. The Morgan fingerprint density at radius 2 is 2.33 bits per heavy atom. The molecular formula is C12H18ClN3O2. The van der Waals surface area contributed by atoms with E-state index in [9.17, 15) is 9.90 Å². The number of hydrogen-bond donors (Lipinski definition) is 1. The molecule has 0 aromatic carbocycles. The SMILES string of the molecule is CN(C)CCn1ncc(Cl)c1C(=O)C(O)C1CC1. The van der Waals surface area contributed by atoms with E-state index in [2.05, 4.69) is 5.10 Å². The van der Waals surface area contributed by atoms with Crippen molar-refractivity contribution in [2.75, 3.05) is 20.6 Å². The van der Waals surface area contributed by atoms with Gasteiger partial charge in [0.05, 0.1) is 17.8 Å². The van der Waals surface area contributed by atoms with E-state index in [1.54, 1.807) is 4.68 Å². The molecule has 18 heavy (non-hydrogen) atoms. The Kier molecular flexibility index (Phi) is 4.04. The zero-order valence-electron chi connectivity index (χ0n) is 10.6. The summed E-state index contributed by atoms with van der Waals surface area (Å²) in [7, 11) is 3.90. The van der Waals surface area contributed by atoms with E-state index in [0.717, 1.165) is 19.4 Å². The number of Topliss-reactive ketones (excluding diaryl/α,β-unsaturated/α-hetero) is 1. The van der Waals surface area contributed by atoms with Gasteiger partial charge in [-0.1, -0.05) is 11.6 Å². The van der Waals surface area contributed by atoms with Crippen LogP contribution in [0.25, 0.3) is 0 Å². The monoisotopic (exact) mass is 271 g/mol. The maximum Gasteiger partial charge on any atom is 0.211 e. The standard InChI is InChI=1S/C12H18ClN3O2/c1-15(2)5-6-16-10(9(13)7-14-16)12(18)11(17)8-3-4-8/h7-8,11,17H,3-6H2,1-2H3. The van der Waals surface area contributed by atoms with Gasteiger partial charge in [-0.05, 0) is 32.9 Å². The normalized spacial score (nSPS) is 17.2. The Hall–Kier alpha value is -0.910. The molecule has 0 aliphatic heterocycles. The summed E-state index contributed by atoms with van der Waals surface area (Å²) in [6, 6.07) is 0. The summed E-state index contributed by atoms with van der Waals surface area (Å²) in [5.41, 5.74) is 0.331. The van der Waals surface area contributed by atoms with Gasteiger partial charge in [0.1, 0.15) is 11.8 Å². The van der Waals surface area contributed by atoms with Gasteiger partial charge in [0.15, 0.2) is 0 Å². The van der Waals surface area contributed by atoms with E-state index in [1.807, 2.05) is 19.0 Å². The molecule has 0 spiro atoms. The fourth-order valence-corrected chi connectivity index (χ4v) is 2.07. The number of rotatable bonds is 6. The first-order valence-electron chi connectivity index (χ1n) is 6.09. The lowest BCUT2D eigenvalue weighted by Crippen LogP contribution is -2.28. The third-order valence-corrected chi connectivity index (χ3v) is 3.40. The number of ketones is 1. The van der Waals surface area contributed by atoms with Gasteiger partial charge in [0, 0.05) is 6.54 Å². The van der Waals surface area contributed by atoms with Crippen LogP contribution in [-0.4, -0.2) is 52.3 Å². The molecule has 0 bridgehead atoms. The molecular weight excluding hydrogens is 254 g/mol. The zero-order valence-corrected chi connectivity index (χ0v) is 11.4. The molecule has 1 unspecified atom stereocenters. The predicted molar refractivity (Wildman–Crippen MR) is 68.9 cm³/mol. The van der Waals surface area contributed by atoms with Gasteiger partial charge in [-0.25, -0.2) is 0 Å². The molecule has 1 heterocycles. The van der Waals surface area contributed by atoms with Crippen LogP contribution in [-0.2, 0) is 6.54 Å². The number of carbonyl (C=O) groups excluding carboxylic acids is 1. The van der Waals surface area contributed by atoms with Gasteiger partial charge in [-0.3, -0.25) is 9.48 Å². The van der Waals surface area contributed by atoms with Crippen LogP contribution < -0.4 is 0 Å². The van der Waals surface area contributed by atoms with E-state index >= 15 is 0 Å². The second kappa shape index (κ2) is 5.38. The number of nitrogens with zero attached hydrogens (tertiary/aromatic N) is 3. The van der Waals surface area contributed by atoms with Crippen LogP contribution in [0, 0.1) is 5.92 Å². The van der Waals surface area contributed by atoms with Gasteiger partial charge in [0.2, 0.25) is 5.78 Å². The third-order valence-electron chi connectivity index (χ3n) is 3.12. The fourth-order valence-electron chi connectivity index (χ4n) is 1.84. The van der Waals surface area contributed by atoms with E-state index < -0.39 is 6.10 Å². The molecule has 2 rings (SSSR count). The van der Waals surface area contributed by atoms with Crippen molar-refractivity contribution in [2.24, 2.45) is 5.92 Å². The lowest BCUT2D eigenvalue weighted by molar-refractivity contribution is 0.0691. The fraction of sp³-hybridized carbons (Fsp3) is 0.667. The Labute approximate surface area is 111 Å². The van der Waals surface area contributed by atoms with Crippen molar-refractivity contribution < 1.29 is 9.90 Å². The summed E-state index contributed by atoms with van der Waals surface area (Å²) in [6.45, 7) is 1.34. The highest BCUT2D eigenvalue weighted by Crippen LogP contribution is 2.34. The Morgan fingerprint density at radius 3 is 2.89 bits per heavy atom. The van der Waals surface area contributed by atoms with E-state index in [4.69, 9.17) is 11.6 Å². The summed E-state index contributed by atoms with van der Waals surface area (Å²) in [5, 5.41) is 14.3. The number of carbonyl (C=O) groups is 1. The quantitative estimate of drug-likeness (QED) is 0.786. The Balaban J connectivity index is 2.14. The Bertz CT molecular complexity index is 441. The van der Waals surface area contributed by atoms with Crippen LogP contribution in [0.15, 0.2) is 6.20 Å². The molecule has 5 nitrogen and oxygen atoms in total. The third kappa shape index (κ3) is 2.91. The summed E-state index contributed by atoms with van der Waals surface area (Å²) < 4.78 is 1.58. The molecule has 1 N–H and O–H groups in total. The Morgan fingerprint density at radius 1 is 1.67 bits per heavy atom. The lowest BCUT2D eigenvalue weighted by atomic mass is 10.1. The molecule has 1 aliphatic carbocycles. The number of likely N-dealkylation sites (N-methyl/N-ethyl adjacent to an activating group) is 1. The number of aromatic nitrogens is 2. The summed E-state index contributed by atoms with van der Waals surface area (Å²) in [5.74, 6) is -0.204.